The molecule has 4 rings (SSSR count). The fourth-order valence-corrected chi connectivity index (χ4v) is 3.40. The van der Waals surface area contributed by atoms with E-state index in [1.54, 1.807) is 24.3 Å². The van der Waals surface area contributed by atoms with Crippen molar-refractivity contribution in [3.63, 3.8) is 0 Å². The van der Waals surface area contributed by atoms with Gasteiger partial charge in [0.05, 0.1) is 10.9 Å². The predicted octanol–water partition coefficient (Wildman–Crippen LogP) is 6.26. The number of aryl methyl sites for hydroxylation is 3. The summed E-state index contributed by atoms with van der Waals surface area (Å²) in [5.41, 5.74) is 3.55. The second kappa shape index (κ2) is 7.81. The number of esters is 1. The highest BCUT2D eigenvalue weighted by molar-refractivity contribution is 6.32. The van der Waals surface area contributed by atoms with E-state index >= 15 is 0 Å². The van der Waals surface area contributed by atoms with Crippen molar-refractivity contribution >= 4 is 28.5 Å². The Bertz CT molecular complexity index is 1330. The van der Waals surface area contributed by atoms with Gasteiger partial charge in [-0.2, -0.15) is 0 Å². The summed E-state index contributed by atoms with van der Waals surface area (Å²) in [5, 5.41) is 0.697. The molecule has 0 aliphatic carbocycles. The Kier molecular flexibility index (Phi) is 5.18. The zero-order chi connectivity index (χ0) is 21.4. The van der Waals surface area contributed by atoms with Crippen molar-refractivity contribution in [2.75, 3.05) is 0 Å². The van der Waals surface area contributed by atoms with Crippen LogP contribution in [0, 0.1) is 20.8 Å². The molecule has 3 aromatic carbocycles. The second-order valence-corrected chi connectivity index (χ2v) is 7.66. The average molecular weight is 419 g/mol. The second-order valence-electron chi connectivity index (χ2n) is 7.26. The minimum Gasteiger partial charge on any atom is -0.452 e. The molecule has 0 fully saturated rings. The van der Waals surface area contributed by atoms with Crippen LogP contribution in [-0.2, 0) is 0 Å². The fourth-order valence-electron chi connectivity index (χ4n) is 3.24. The van der Waals surface area contributed by atoms with E-state index in [-0.39, 0.29) is 16.9 Å². The van der Waals surface area contributed by atoms with Crippen LogP contribution in [0.25, 0.3) is 22.3 Å². The number of fused-ring (bicyclic) bond motifs is 1. The molecule has 0 unspecified atom stereocenters. The minimum absolute atomic E-state index is 0.153. The van der Waals surface area contributed by atoms with Crippen LogP contribution in [-0.4, -0.2) is 5.97 Å². The third kappa shape index (κ3) is 3.62. The lowest BCUT2D eigenvalue weighted by molar-refractivity contribution is 0.0730. The van der Waals surface area contributed by atoms with Gasteiger partial charge < -0.3 is 9.15 Å². The molecule has 0 saturated carbocycles. The number of carbonyl (C=O) groups is 1. The average Bonchev–Trinajstić information content (AvgIpc) is 2.72. The third-order valence-electron chi connectivity index (χ3n) is 5.00. The van der Waals surface area contributed by atoms with E-state index < -0.39 is 11.4 Å². The van der Waals surface area contributed by atoms with Gasteiger partial charge in [-0.1, -0.05) is 59.6 Å². The van der Waals surface area contributed by atoms with E-state index in [2.05, 4.69) is 0 Å². The van der Waals surface area contributed by atoms with Gasteiger partial charge in [-0.25, -0.2) is 4.79 Å². The molecule has 0 N–H and O–H groups in total. The van der Waals surface area contributed by atoms with Crippen molar-refractivity contribution in [3.8, 4) is 17.1 Å². The Labute approximate surface area is 178 Å². The summed E-state index contributed by atoms with van der Waals surface area (Å²) < 4.78 is 11.7. The summed E-state index contributed by atoms with van der Waals surface area (Å²) in [6, 6.07) is 17.8. The number of ether oxygens (including phenoxy) is 1. The third-order valence-corrected chi connectivity index (χ3v) is 5.41. The van der Waals surface area contributed by atoms with Gasteiger partial charge in [0.25, 0.3) is 0 Å². The van der Waals surface area contributed by atoms with Crippen LogP contribution >= 0.6 is 11.6 Å². The van der Waals surface area contributed by atoms with Crippen LogP contribution in [0.15, 0.2) is 69.9 Å². The van der Waals surface area contributed by atoms with Gasteiger partial charge >= 0.3 is 5.97 Å². The first-order valence-electron chi connectivity index (χ1n) is 9.47. The first-order chi connectivity index (χ1) is 14.3. The molecule has 0 aliphatic rings. The van der Waals surface area contributed by atoms with Gasteiger partial charge in [0.1, 0.15) is 5.58 Å². The lowest BCUT2D eigenvalue weighted by Gasteiger charge is -2.12. The molecule has 0 amide bonds. The SMILES string of the molecule is Cc1ccc(-c2oc3cc(C)c(Cl)cc3c(=O)c2OC(=O)c2ccccc2C)cc1. The highest BCUT2D eigenvalue weighted by Gasteiger charge is 2.22. The predicted molar refractivity (Wildman–Crippen MR) is 119 cm³/mol. The van der Waals surface area contributed by atoms with Gasteiger partial charge in [-0.3, -0.25) is 4.79 Å². The standard InChI is InChI=1S/C25H19ClO4/c1-14-8-10-17(11-9-14)23-24(30-25(28)18-7-5-4-6-15(18)2)22(27)19-13-20(26)16(3)12-21(19)29-23/h4-13H,1-3H3. The Morgan fingerprint density at radius 3 is 2.33 bits per heavy atom. The van der Waals surface area contributed by atoms with Crippen LogP contribution in [0.5, 0.6) is 5.75 Å². The molecule has 5 heteroatoms. The normalized spacial score (nSPS) is 10.9. The highest BCUT2D eigenvalue weighted by Crippen LogP contribution is 2.33. The molecule has 4 aromatic rings. The Hall–Kier alpha value is -3.37. The Balaban J connectivity index is 1.94. The van der Waals surface area contributed by atoms with Crippen LogP contribution in [0.2, 0.25) is 5.02 Å². The molecule has 30 heavy (non-hydrogen) atoms. The number of hydrogen-bond donors (Lipinski definition) is 0. The Morgan fingerprint density at radius 1 is 0.933 bits per heavy atom. The van der Waals surface area contributed by atoms with Crippen LogP contribution in [0.3, 0.4) is 0 Å². The number of benzene rings is 3. The molecule has 1 aromatic heterocycles. The maximum absolute atomic E-state index is 13.3. The van der Waals surface area contributed by atoms with E-state index in [4.69, 9.17) is 20.8 Å². The zero-order valence-corrected chi connectivity index (χ0v) is 17.5. The van der Waals surface area contributed by atoms with Crippen LogP contribution in [0.4, 0.5) is 0 Å². The van der Waals surface area contributed by atoms with Crippen molar-refractivity contribution in [1.82, 2.24) is 0 Å². The van der Waals surface area contributed by atoms with Gasteiger partial charge in [-0.05, 0) is 50.1 Å². The van der Waals surface area contributed by atoms with Crippen molar-refractivity contribution in [2.24, 2.45) is 0 Å². The summed E-state index contributed by atoms with van der Waals surface area (Å²) in [6.45, 7) is 5.60. The molecule has 0 spiro atoms. The summed E-state index contributed by atoms with van der Waals surface area (Å²) >= 11 is 6.22. The number of hydrogen-bond acceptors (Lipinski definition) is 4. The van der Waals surface area contributed by atoms with Gasteiger partial charge in [0.15, 0.2) is 5.76 Å². The summed E-state index contributed by atoms with van der Waals surface area (Å²) in [7, 11) is 0. The van der Waals surface area contributed by atoms with Gasteiger partial charge in [0, 0.05) is 10.6 Å². The molecule has 0 bridgehead atoms. The van der Waals surface area contributed by atoms with Gasteiger partial charge in [-0.15, -0.1) is 0 Å². The fraction of sp³-hybridized carbons (Fsp3) is 0.120. The summed E-state index contributed by atoms with van der Waals surface area (Å²) in [5.74, 6) is -0.568. The lowest BCUT2D eigenvalue weighted by Crippen LogP contribution is -2.17. The number of rotatable bonds is 3. The van der Waals surface area contributed by atoms with Crippen molar-refractivity contribution in [3.05, 3.63) is 98.2 Å². The first kappa shape index (κ1) is 19.9. The first-order valence-corrected chi connectivity index (χ1v) is 9.85. The maximum atomic E-state index is 13.3. The lowest BCUT2D eigenvalue weighted by atomic mass is 10.1. The number of carbonyl (C=O) groups excluding carboxylic acids is 1. The largest absolute Gasteiger partial charge is 0.452 e. The topological polar surface area (TPSA) is 56.5 Å². The Morgan fingerprint density at radius 2 is 1.63 bits per heavy atom. The number of halogens is 1. The molecular formula is C25H19ClO4. The minimum atomic E-state index is -0.619. The van der Waals surface area contributed by atoms with Crippen LogP contribution in [0.1, 0.15) is 27.0 Å². The molecular weight excluding hydrogens is 400 g/mol. The molecule has 150 valence electrons. The highest BCUT2D eigenvalue weighted by atomic mass is 35.5. The van der Waals surface area contributed by atoms with E-state index in [1.807, 2.05) is 57.2 Å². The molecule has 4 nitrogen and oxygen atoms in total. The van der Waals surface area contributed by atoms with Crippen molar-refractivity contribution in [2.45, 2.75) is 20.8 Å². The molecule has 0 atom stereocenters. The quantitative estimate of drug-likeness (QED) is 0.368. The monoisotopic (exact) mass is 418 g/mol. The summed E-state index contributed by atoms with van der Waals surface area (Å²) in [4.78, 5) is 26.2. The zero-order valence-electron chi connectivity index (χ0n) is 16.8. The van der Waals surface area contributed by atoms with E-state index in [1.165, 1.54) is 0 Å². The van der Waals surface area contributed by atoms with E-state index in [9.17, 15) is 9.59 Å². The maximum Gasteiger partial charge on any atom is 0.344 e. The van der Waals surface area contributed by atoms with Crippen molar-refractivity contribution < 1.29 is 13.9 Å². The molecule has 0 aliphatic heterocycles. The van der Waals surface area contributed by atoms with Crippen LogP contribution < -0.4 is 10.2 Å². The molecule has 0 radical (unpaired) electrons. The molecule has 0 saturated heterocycles. The van der Waals surface area contributed by atoms with E-state index in [0.29, 0.717) is 21.7 Å². The van der Waals surface area contributed by atoms with Gasteiger partial charge in [0.2, 0.25) is 11.2 Å². The smallest absolute Gasteiger partial charge is 0.344 e. The van der Waals surface area contributed by atoms with Crippen molar-refractivity contribution in [1.29, 1.82) is 0 Å². The van der Waals surface area contributed by atoms with E-state index in [0.717, 1.165) is 16.7 Å². The summed E-state index contributed by atoms with van der Waals surface area (Å²) in [6.07, 6.45) is 0. The molecule has 1 heterocycles.